The van der Waals surface area contributed by atoms with Gasteiger partial charge >= 0.3 is 0 Å². The maximum Gasteiger partial charge on any atom is 0.135 e. The van der Waals surface area contributed by atoms with Crippen molar-refractivity contribution in [2.75, 3.05) is 13.1 Å². The highest BCUT2D eigenvalue weighted by Crippen LogP contribution is 2.25. The molecule has 1 fully saturated rings. The van der Waals surface area contributed by atoms with Gasteiger partial charge < -0.3 is 0 Å². The Bertz CT molecular complexity index is 395. The van der Waals surface area contributed by atoms with Crippen LogP contribution < -0.4 is 0 Å². The molecule has 0 bridgehead atoms. The standard InChI is InChI=1S/C13H18Cl2N2/c1-9-5-6-17(7-10(9)2)8-11-3-4-12(14)16-13(11)15/h3-4,9-10H,5-8H2,1-2H3. The quantitative estimate of drug-likeness (QED) is 0.760. The number of piperidine rings is 1. The van der Waals surface area contributed by atoms with Crippen molar-refractivity contribution in [3.05, 3.63) is 28.0 Å². The average molecular weight is 273 g/mol. The fourth-order valence-corrected chi connectivity index (χ4v) is 2.70. The number of aromatic nitrogens is 1. The van der Waals surface area contributed by atoms with Crippen molar-refractivity contribution in [3.63, 3.8) is 0 Å². The van der Waals surface area contributed by atoms with Crippen molar-refractivity contribution in [3.8, 4) is 0 Å². The summed E-state index contributed by atoms with van der Waals surface area (Å²) in [5, 5.41) is 0.989. The van der Waals surface area contributed by atoms with Crippen LogP contribution in [0.2, 0.25) is 10.3 Å². The third-order valence-electron chi connectivity index (χ3n) is 3.70. The van der Waals surface area contributed by atoms with Crippen LogP contribution in [-0.4, -0.2) is 23.0 Å². The van der Waals surface area contributed by atoms with E-state index in [-0.39, 0.29) is 0 Å². The Morgan fingerprint density at radius 1 is 1.29 bits per heavy atom. The minimum atomic E-state index is 0.458. The van der Waals surface area contributed by atoms with Crippen molar-refractivity contribution >= 4 is 23.2 Å². The molecule has 0 spiro atoms. The summed E-state index contributed by atoms with van der Waals surface area (Å²) in [5.74, 6) is 1.58. The van der Waals surface area contributed by atoms with Gasteiger partial charge in [0.05, 0.1) is 0 Å². The third-order valence-corrected chi connectivity index (χ3v) is 4.24. The van der Waals surface area contributed by atoms with Crippen molar-refractivity contribution in [2.45, 2.75) is 26.8 Å². The fourth-order valence-electron chi connectivity index (χ4n) is 2.29. The second kappa shape index (κ2) is 5.55. The monoisotopic (exact) mass is 272 g/mol. The van der Waals surface area contributed by atoms with E-state index < -0.39 is 0 Å². The van der Waals surface area contributed by atoms with E-state index in [4.69, 9.17) is 23.2 Å². The molecule has 0 aromatic carbocycles. The van der Waals surface area contributed by atoms with E-state index in [1.165, 1.54) is 6.42 Å². The molecule has 4 heteroatoms. The average Bonchev–Trinajstić information content (AvgIpc) is 2.27. The molecule has 0 aliphatic carbocycles. The van der Waals surface area contributed by atoms with Crippen LogP contribution in [0.5, 0.6) is 0 Å². The van der Waals surface area contributed by atoms with E-state index in [2.05, 4.69) is 23.7 Å². The first-order valence-electron chi connectivity index (χ1n) is 6.09. The van der Waals surface area contributed by atoms with Crippen molar-refractivity contribution in [1.29, 1.82) is 0 Å². The van der Waals surface area contributed by atoms with Crippen molar-refractivity contribution in [2.24, 2.45) is 11.8 Å². The molecule has 2 unspecified atom stereocenters. The molecule has 2 atom stereocenters. The normalized spacial score (nSPS) is 26.1. The zero-order valence-corrected chi connectivity index (χ0v) is 11.8. The molecule has 1 saturated heterocycles. The summed E-state index contributed by atoms with van der Waals surface area (Å²) in [6, 6.07) is 3.78. The number of pyridine rings is 1. The topological polar surface area (TPSA) is 16.1 Å². The van der Waals surface area contributed by atoms with Gasteiger partial charge in [-0.3, -0.25) is 4.90 Å². The highest BCUT2D eigenvalue weighted by Gasteiger charge is 2.23. The van der Waals surface area contributed by atoms with Gasteiger partial charge in [0.15, 0.2) is 0 Å². The highest BCUT2D eigenvalue weighted by atomic mass is 35.5. The summed E-state index contributed by atoms with van der Waals surface area (Å²) in [4.78, 5) is 6.52. The van der Waals surface area contributed by atoms with Gasteiger partial charge in [0.1, 0.15) is 10.3 Å². The predicted octanol–water partition coefficient (Wildman–Crippen LogP) is 3.87. The van der Waals surface area contributed by atoms with Gasteiger partial charge in [-0.25, -0.2) is 4.98 Å². The zero-order chi connectivity index (χ0) is 12.4. The van der Waals surface area contributed by atoms with Crippen molar-refractivity contribution < 1.29 is 0 Å². The maximum absolute atomic E-state index is 6.09. The second-order valence-corrected chi connectivity index (χ2v) is 5.81. The summed E-state index contributed by atoms with van der Waals surface area (Å²) in [6.45, 7) is 7.81. The predicted molar refractivity (Wildman–Crippen MR) is 72.5 cm³/mol. The minimum absolute atomic E-state index is 0.458. The first-order chi connectivity index (χ1) is 8.06. The van der Waals surface area contributed by atoms with Gasteiger partial charge in [0.2, 0.25) is 0 Å². The SMILES string of the molecule is CC1CCN(Cc2ccc(Cl)nc2Cl)CC1C. The summed E-state index contributed by atoms with van der Waals surface area (Å²) in [7, 11) is 0. The Hall–Kier alpha value is -0.310. The van der Waals surface area contributed by atoms with Gasteiger partial charge in [-0.2, -0.15) is 0 Å². The smallest absolute Gasteiger partial charge is 0.135 e. The lowest BCUT2D eigenvalue weighted by Crippen LogP contribution is -2.37. The summed E-state index contributed by atoms with van der Waals surface area (Å²) >= 11 is 11.9. The summed E-state index contributed by atoms with van der Waals surface area (Å²) in [6.07, 6.45) is 1.26. The Balaban J connectivity index is 2.01. The molecule has 0 radical (unpaired) electrons. The van der Waals surface area contributed by atoms with Crippen LogP contribution in [-0.2, 0) is 6.54 Å². The zero-order valence-electron chi connectivity index (χ0n) is 10.3. The van der Waals surface area contributed by atoms with E-state index in [1.807, 2.05) is 6.07 Å². The molecule has 1 aromatic heterocycles. The Labute approximate surface area is 113 Å². The van der Waals surface area contributed by atoms with Crippen LogP contribution >= 0.6 is 23.2 Å². The van der Waals surface area contributed by atoms with Crippen LogP contribution in [0.1, 0.15) is 25.8 Å². The number of rotatable bonds is 2. The molecule has 0 amide bonds. The molecule has 17 heavy (non-hydrogen) atoms. The number of hydrogen-bond acceptors (Lipinski definition) is 2. The van der Waals surface area contributed by atoms with Gasteiger partial charge in [-0.1, -0.05) is 43.1 Å². The number of likely N-dealkylation sites (tertiary alicyclic amines) is 1. The lowest BCUT2D eigenvalue weighted by Gasteiger charge is -2.35. The second-order valence-electron chi connectivity index (χ2n) is 5.06. The maximum atomic E-state index is 6.09. The Morgan fingerprint density at radius 3 is 2.71 bits per heavy atom. The largest absolute Gasteiger partial charge is 0.299 e. The van der Waals surface area contributed by atoms with E-state index in [9.17, 15) is 0 Å². The Kier molecular flexibility index (Phi) is 4.29. The first kappa shape index (κ1) is 13.1. The first-order valence-corrected chi connectivity index (χ1v) is 6.85. The van der Waals surface area contributed by atoms with Gasteiger partial charge in [0, 0.05) is 18.7 Å². The summed E-state index contributed by atoms with van der Waals surface area (Å²) < 4.78 is 0. The van der Waals surface area contributed by atoms with E-state index in [0.717, 1.165) is 37.0 Å². The molecular formula is C13H18Cl2N2. The molecule has 94 valence electrons. The van der Waals surface area contributed by atoms with E-state index in [1.54, 1.807) is 6.07 Å². The molecule has 0 saturated carbocycles. The highest BCUT2D eigenvalue weighted by molar-refractivity contribution is 6.32. The molecular weight excluding hydrogens is 255 g/mol. The molecule has 0 N–H and O–H groups in total. The molecule has 1 aromatic rings. The van der Waals surface area contributed by atoms with Crippen LogP contribution in [0.3, 0.4) is 0 Å². The minimum Gasteiger partial charge on any atom is -0.299 e. The van der Waals surface area contributed by atoms with E-state index in [0.29, 0.717) is 10.3 Å². The fraction of sp³-hybridized carbons (Fsp3) is 0.615. The lowest BCUT2D eigenvalue weighted by molar-refractivity contribution is 0.132. The van der Waals surface area contributed by atoms with Gasteiger partial charge in [-0.05, 0) is 30.9 Å². The van der Waals surface area contributed by atoms with Crippen LogP contribution in [0.4, 0.5) is 0 Å². The molecule has 1 aliphatic rings. The van der Waals surface area contributed by atoms with Gasteiger partial charge in [0.25, 0.3) is 0 Å². The number of hydrogen-bond donors (Lipinski definition) is 0. The molecule has 2 heterocycles. The van der Waals surface area contributed by atoms with E-state index >= 15 is 0 Å². The Morgan fingerprint density at radius 2 is 2.06 bits per heavy atom. The third kappa shape index (κ3) is 3.34. The van der Waals surface area contributed by atoms with Crippen LogP contribution in [0.25, 0.3) is 0 Å². The van der Waals surface area contributed by atoms with Crippen LogP contribution in [0.15, 0.2) is 12.1 Å². The number of nitrogens with zero attached hydrogens (tertiary/aromatic N) is 2. The van der Waals surface area contributed by atoms with Crippen LogP contribution in [0, 0.1) is 11.8 Å². The summed E-state index contributed by atoms with van der Waals surface area (Å²) in [5.41, 5.74) is 1.07. The number of halogens is 2. The van der Waals surface area contributed by atoms with Crippen molar-refractivity contribution in [1.82, 2.24) is 9.88 Å². The van der Waals surface area contributed by atoms with Gasteiger partial charge in [-0.15, -0.1) is 0 Å². The lowest BCUT2D eigenvalue weighted by atomic mass is 9.88. The molecule has 2 nitrogen and oxygen atoms in total. The molecule has 2 rings (SSSR count). The molecule has 1 aliphatic heterocycles.